The molecule has 0 aromatic rings. The first-order valence-corrected chi connectivity index (χ1v) is 1.79. The fourth-order valence-corrected chi connectivity index (χ4v) is 0.134. The molecule has 0 bridgehead atoms. The molecule has 1 amide bonds. The van der Waals surface area contributed by atoms with Crippen LogP contribution in [-0.4, -0.2) is 19.4 Å². The minimum Gasteiger partial charge on any atom is -0.267 e. The fraction of sp³-hybridized carbons (Fsp3) is 0.667. The molecule has 1 radical (unpaired) electrons. The van der Waals surface area contributed by atoms with Crippen LogP contribution in [0.15, 0.2) is 0 Å². The number of carbonyl (C=O) groups excluding carboxylic acids is 1. The van der Waals surface area contributed by atoms with Crippen LogP contribution in [0, 0.1) is 0 Å². The van der Waals surface area contributed by atoms with Crippen LogP contribution in [0.4, 0.5) is 8.78 Å². The van der Waals surface area contributed by atoms with Gasteiger partial charge in [-0.3, -0.25) is 9.63 Å². The molecular formula is C3H4F2NO2. The zero-order valence-electron chi connectivity index (χ0n) is 3.86. The number of hydrogen-bond donors (Lipinski definition) is 1. The number of hydroxylamine groups is 1. The Morgan fingerprint density at radius 2 is 2.38 bits per heavy atom. The van der Waals surface area contributed by atoms with Crippen molar-refractivity contribution >= 4 is 6.41 Å². The predicted molar refractivity (Wildman–Crippen MR) is 20.8 cm³/mol. The van der Waals surface area contributed by atoms with Crippen LogP contribution >= 0.6 is 0 Å². The molecule has 3 nitrogen and oxygen atoms in total. The molecular weight excluding hydrogens is 120 g/mol. The van der Waals surface area contributed by atoms with Crippen LogP contribution in [0.25, 0.3) is 0 Å². The topological polar surface area (TPSA) is 38.3 Å². The van der Waals surface area contributed by atoms with E-state index in [1.54, 1.807) is 0 Å². The lowest BCUT2D eigenvalue weighted by atomic mass is 10.8. The predicted octanol–water partition coefficient (Wildman–Crippen LogP) is -0.160. The molecule has 0 rings (SSSR count). The van der Waals surface area contributed by atoms with E-state index >= 15 is 0 Å². The minimum atomic E-state index is -2.56. The third kappa shape index (κ3) is 5.29. The van der Waals surface area contributed by atoms with Crippen LogP contribution in [0.3, 0.4) is 0 Å². The first-order valence-electron chi connectivity index (χ1n) is 1.79. The maximum Gasteiger partial charge on any atom is 0.335 e. The van der Waals surface area contributed by atoms with Crippen molar-refractivity contribution in [3.05, 3.63) is 0 Å². The van der Waals surface area contributed by atoms with Crippen molar-refractivity contribution in [1.82, 2.24) is 5.48 Å². The van der Waals surface area contributed by atoms with Crippen LogP contribution in [0.2, 0.25) is 0 Å². The van der Waals surface area contributed by atoms with E-state index in [4.69, 9.17) is 0 Å². The van der Waals surface area contributed by atoms with E-state index in [2.05, 4.69) is 4.84 Å². The van der Waals surface area contributed by atoms with Gasteiger partial charge >= 0.3 is 6.41 Å². The van der Waals surface area contributed by atoms with Crippen LogP contribution < -0.4 is 5.48 Å². The molecule has 0 aromatic heterocycles. The lowest BCUT2D eigenvalue weighted by Gasteiger charge is -1.95. The van der Waals surface area contributed by atoms with Gasteiger partial charge < -0.3 is 0 Å². The van der Waals surface area contributed by atoms with Gasteiger partial charge in [0.2, 0.25) is 0 Å². The maximum atomic E-state index is 11.1. The number of alkyl halides is 2. The lowest BCUT2D eigenvalue weighted by molar-refractivity contribution is -0.00980. The van der Waals surface area contributed by atoms with Gasteiger partial charge in [-0.05, 0) is 0 Å². The second kappa shape index (κ2) is 4.45. The molecule has 5 heteroatoms. The highest BCUT2D eigenvalue weighted by Crippen LogP contribution is 1.88. The molecule has 0 aliphatic rings. The van der Waals surface area contributed by atoms with Crippen molar-refractivity contribution in [2.24, 2.45) is 0 Å². The molecule has 8 heavy (non-hydrogen) atoms. The lowest BCUT2D eigenvalue weighted by Crippen LogP contribution is -2.16. The highest BCUT2D eigenvalue weighted by atomic mass is 19.3. The highest BCUT2D eigenvalue weighted by Gasteiger charge is 1.99. The Balaban J connectivity index is 2.81. The fourth-order valence-electron chi connectivity index (χ4n) is 0.134. The summed E-state index contributed by atoms with van der Waals surface area (Å²) in [4.78, 5) is 13.0. The Morgan fingerprint density at radius 1 is 1.75 bits per heavy atom. The normalized spacial score (nSPS) is 9.38. The summed E-state index contributed by atoms with van der Waals surface area (Å²) in [7, 11) is 0. The van der Waals surface area contributed by atoms with Crippen LogP contribution in [0.1, 0.15) is 0 Å². The van der Waals surface area contributed by atoms with Gasteiger partial charge in [-0.15, -0.1) is 0 Å². The molecule has 0 saturated heterocycles. The van der Waals surface area contributed by atoms with Crippen molar-refractivity contribution in [3.8, 4) is 0 Å². The molecule has 0 aliphatic carbocycles. The SMILES string of the molecule is O=[C]NOCC(F)F. The second-order valence-electron chi connectivity index (χ2n) is 0.906. The molecule has 1 N–H and O–H groups in total. The highest BCUT2D eigenvalue weighted by molar-refractivity contribution is 5.44. The first-order chi connectivity index (χ1) is 3.77. The standard InChI is InChI=1S/C3H4F2NO2/c4-3(5)1-8-6-2-7/h3H,1H2,(H,6,7). The Labute approximate surface area is 44.6 Å². The molecule has 0 heterocycles. The van der Waals surface area contributed by atoms with E-state index in [-0.39, 0.29) is 0 Å². The summed E-state index contributed by atoms with van der Waals surface area (Å²) in [6, 6.07) is 0. The summed E-state index contributed by atoms with van der Waals surface area (Å²) in [5, 5.41) is 0. The van der Waals surface area contributed by atoms with E-state index in [1.807, 2.05) is 0 Å². The molecule has 47 valence electrons. The number of hydrogen-bond acceptors (Lipinski definition) is 2. The summed E-state index contributed by atoms with van der Waals surface area (Å²) < 4.78 is 22.1. The number of amides is 1. The van der Waals surface area contributed by atoms with Crippen LogP contribution in [0.5, 0.6) is 0 Å². The molecule has 0 saturated carbocycles. The quantitative estimate of drug-likeness (QED) is 0.321. The Morgan fingerprint density at radius 3 is 2.75 bits per heavy atom. The first kappa shape index (κ1) is 7.29. The summed E-state index contributed by atoms with van der Waals surface area (Å²) in [5.74, 6) is 0. The number of nitrogens with one attached hydrogen (secondary N) is 1. The second-order valence-corrected chi connectivity index (χ2v) is 0.906. The Kier molecular flexibility index (Phi) is 4.05. The summed E-state index contributed by atoms with van der Waals surface area (Å²) in [5.41, 5.74) is 1.49. The zero-order valence-corrected chi connectivity index (χ0v) is 3.86. The van der Waals surface area contributed by atoms with Gasteiger partial charge in [0.1, 0.15) is 6.61 Å². The van der Waals surface area contributed by atoms with Gasteiger partial charge in [-0.2, -0.15) is 0 Å². The van der Waals surface area contributed by atoms with Gasteiger partial charge in [0.05, 0.1) is 0 Å². The smallest absolute Gasteiger partial charge is 0.267 e. The van der Waals surface area contributed by atoms with Gasteiger partial charge in [0.25, 0.3) is 6.43 Å². The van der Waals surface area contributed by atoms with Crippen molar-refractivity contribution < 1.29 is 18.4 Å². The van der Waals surface area contributed by atoms with E-state index in [9.17, 15) is 13.6 Å². The maximum absolute atomic E-state index is 11.1. The molecule has 0 aliphatic heterocycles. The monoisotopic (exact) mass is 124 g/mol. The van der Waals surface area contributed by atoms with Crippen molar-refractivity contribution in [1.29, 1.82) is 0 Å². The molecule has 0 aromatic carbocycles. The van der Waals surface area contributed by atoms with E-state index in [0.717, 1.165) is 6.41 Å². The van der Waals surface area contributed by atoms with Crippen molar-refractivity contribution in [2.75, 3.05) is 6.61 Å². The molecule has 0 spiro atoms. The third-order valence-corrected chi connectivity index (χ3v) is 0.323. The van der Waals surface area contributed by atoms with Gasteiger partial charge in [-0.25, -0.2) is 14.3 Å². The molecule has 0 atom stereocenters. The number of halogens is 2. The average molecular weight is 124 g/mol. The van der Waals surface area contributed by atoms with E-state index in [1.165, 1.54) is 5.48 Å². The van der Waals surface area contributed by atoms with Crippen LogP contribution in [-0.2, 0) is 9.63 Å². The summed E-state index contributed by atoms with van der Waals surface area (Å²) in [6.07, 6.45) is -1.49. The third-order valence-electron chi connectivity index (χ3n) is 0.323. The molecule has 0 fully saturated rings. The largest absolute Gasteiger partial charge is 0.335 e. The minimum absolute atomic E-state index is 0.796. The van der Waals surface area contributed by atoms with Crippen molar-refractivity contribution in [3.63, 3.8) is 0 Å². The van der Waals surface area contributed by atoms with E-state index < -0.39 is 13.0 Å². The zero-order chi connectivity index (χ0) is 6.41. The molecule has 0 unspecified atom stereocenters. The summed E-state index contributed by atoms with van der Waals surface area (Å²) in [6.45, 7) is -0.796. The average Bonchev–Trinajstić information content (AvgIpc) is 1.66. The van der Waals surface area contributed by atoms with Gasteiger partial charge in [0.15, 0.2) is 0 Å². The number of rotatable bonds is 4. The van der Waals surface area contributed by atoms with Crippen molar-refractivity contribution in [2.45, 2.75) is 6.43 Å². The van der Waals surface area contributed by atoms with Gasteiger partial charge in [0, 0.05) is 0 Å². The Hall–Kier alpha value is -0.710. The van der Waals surface area contributed by atoms with E-state index in [0.29, 0.717) is 0 Å². The van der Waals surface area contributed by atoms with Gasteiger partial charge in [-0.1, -0.05) is 0 Å². The summed E-state index contributed by atoms with van der Waals surface area (Å²) >= 11 is 0. The Bertz CT molecular complexity index is 68.3.